The summed E-state index contributed by atoms with van der Waals surface area (Å²) >= 11 is 0. The summed E-state index contributed by atoms with van der Waals surface area (Å²) in [7, 11) is 0. The molecular weight excluding hydrogens is 253 g/mol. The van der Waals surface area contributed by atoms with E-state index in [9.17, 15) is 13.2 Å². The van der Waals surface area contributed by atoms with Crippen LogP contribution in [-0.4, -0.2) is 30.6 Å². The Hall–Kier alpha value is -1.23. The van der Waals surface area contributed by atoms with E-state index < -0.39 is 17.5 Å². The minimum Gasteiger partial charge on any atom is -0.380 e. The van der Waals surface area contributed by atoms with Crippen LogP contribution in [0.4, 0.5) is 18.9 Å². The number of benzene rings is 1. The van der Waals surface area contributed by atoms with Gasteiger partial charge in [0, 0.05) is 19.1 Å². The summed E-state index contributed by atoms with van der Waals surface area (Å²) in [5, 5.41) is 2.97. The van der Waals surface area contributed by atoms with Crippen LogP contribution >= 0.6 is 0 Å². The highest BCUT2D eigenvalue weighted by atomic mass is 19.2. The Morgan fingerprint density at radius 3 is 2.47 bits per heavy atom. The first-order valence-corrected chi connectivity index (χ1v) is 6.74. The fraction of sp³-hybridized carbons (Fsp3) is 0.571. The van der Waals surface area contributed by atoms with Crippen LogP contribution in [0.1, 0.15) is 26.2 Å². The van der Waals surface area contributed by atoms with E-state index in [0.29, 0.717) is 0 Å². The second-order valence-electron chi connectivity index (χ2n) is 4.98. The van der Waals surface area contributed by atoms with Crippen molar-refractivity contribution in [1.29, 1.82) is 0 Å². The molecule has 1 fully saturated rings. The number of hydrogen-bond donors (Lipinski definition) is 1. The molecule has 2 rings (SSSR count). The quantitative estimate of drug-likeness (QED) is 0.845. The van der Waals surface area contributed by atoms with Gasteiger partial charge < -0.3 is 10.2 Å². The van der Waals surface area contributed by atoms with Gasteiger partial charge in [0.1, 0.15) is 0 Å². The van der Waals surface area contributed by atoms with Crippen molar-refractivity contribution < 1.29 is 13.2 Å². The zero-order valence-electron chi connectivity index (χ0n) is 11.1. The molecule has 106 valence electrons. The van der Waals surface area contributed by atoms with E-state index >= 15 is 0 Å². The van der Waals surface area contributed by atoms with Crippen LogP contribution in [0.2, 0.25) is 0 Å². The van der Waals surface area contributed by atoms with E-state index in [4.69, 9.17) is 0 Å². The van der Waals surface area contributed by atoms with Crippen molar-refractivity contribution in [3.63, 3.8) is 0 Å². The Labute approximate surface area is 111 Å². The maximum absolute atomic E-state index is 13.5. The lowest BCUT2D eigenvalue weighted by molar-refractivity contribution is 0.219. The van der Waals surface area contributed by atoms with Crippen LogP contribution in [0.5, 0.6) is 0 Å². The Morgan fingerprint density at radius 2 is 1.84 bits per heavy atom. The minimum absolute atomic E-state index is 0.0489. The van der Waals surface area contributed by atoms with Crippen molar-refractivity contribution in [2.24, 2.45) is 0 Å². The van der Waals surface area contributed by atoms with Gasteiger partial charge in [-0.15, -0.1) is 0 Å². The third-order valence-corrected chi connectivity index (χ3v) is 3.52. The first-order valence-electron chi connectivity index (χ1n) is 6.74. The normalized spacial score (nSPS) is 17.7. The number of hydrogen-bond acceptors (Lipinski definition) is 2. The molecule has 0 radical (unpaired) electrons. The molecule has 0 amide bonds. The summed E-state index contributed by atoms with van der Waals surface area (Å²) < 4.78 is 39.5. The van der Waals surface area contributed by atoms with Gasteiger partial charge in [-0.05, 0) is 37.9 Å². The number of piperidine rings is 1. The minimum atomic E-state index is -1.41. The molecular formula is C14H19F3N2. The molecule has 1 aromatic carbocycles. The Bertz CT molecular complexity index is 429. The van der Waals surface area contributed by atoms with Gasteiger partial charge >= 0.3 is 0 Å². The molecule has 0 bridgehead atoms. The van der Waals surface area contributed by atoms with Gasteiger partial charge in [0.25, 0.3) is 0 Å². The second kappa shape index (κ2) is 6.28. The zero-order valence-corrected chi connectivity index (χ0v) is 11.1. The molecule has 1 aromatic rings. The highest BCUT2D eigenvalue weighted by molar-refractivity contribution is 5.46. The molecule has 1 N–H and O–H groups in total. The molecule has 19 heavy (non-hydrogen) atoms. The first-order chi connectivity index (χ1) is 9.11. The average Bonchev–Trinajstić information content (AvgIpc) is 2.42. The first kappa shape index (κ1) is 14.2. The molecule has 1 heterocycles. The predicted molar refractivity (Wildman–Crippen MR) is 69.7 cm³/mol. The number of nitrogens with zero attached hydrogens (tertiary/aromatic N) is 1. The van der Waals surface area contributed by atoms with Crippen molar-refractivity contribution in [2.45, 2.75) is 32.2 Å². The van der Waals surface area contributed by atoms with Crippen LogP contribution in [0.25, 0.3) is 0 Å². The maximum Gasteiger partial charge on any atom is 0.196 e. The summed E-state index contributed by atoms with van der Waals surface area (Å²) in [6.45, 7) is 5.13. The lowest BCUT2D eigenvalue weighted by atomic mass is 10.0. The van der Waals surface area contributed by atoms with Crippen molar-refractivity contribution in [3.8, 4) is 0 Å². The maximum atomic E-state index is 13.5. The monoisotopic (exact) mass is 272 g/mol. The van der Waals surface area contributed by atoms with Gasteiger partial charge in [0.2, 0.25) is 0 Å². The molecule has 0 spiro atoms. The molecule has 1 aliphatic rings. The molecule has 0 atom stereocenters. The van der Waals surface area contributed by atoms with Crippen molar-refractivity contribution >= 4 is 5.69 Å². The average molecular weight is 272 g/mol. The molecule has 0 aromatic heterocycles. The third kappa shape index (κ3) is 3.41. The van der Waals surface area contributed by atoms with Gasteiger partial charge in [-0.1, -0.05) is 6.92 Å². The van der Waals surface area contributed by atoms with Crippen LogP contribution in [0.3, 0.4) is 0 Å². The number of anilines is 1. The van der Waals surface area contributed by atoms with Gasteiger partial charge in [0.15, 0.2) is 17.5 Å². The molecule has 1 saturated heterocycles. The molecule has 2 nitrogen and oxygen atoms in total. The van der Waals surface area contributed by atoms with Crippen molar-refractivity contribution in [2.75, 3.05) is 25.0 Å². The van der Waals surface area contributed by atoms with Crippen LogP contribution < -0.4 is 5.32 Å². The topological polar surface area (TPSA) is 15.3 Å². The smallest absolute Gasteiger partial charge is 0.196 e. The number of likely N-dealkylation sites (tertiary alicyclic amines) is 1. The van der Waals surface area contributed by atoms with Gasteiger partial charge in [0.05, 0.1) is 5.69 Å². The molecule has 1 aliphatic heterocycles. The lowest BCUT2D eigenvalue weighted by Crippen LogP contribution is -2.39. The Morgan fingerprint density at radius 1 is 1.16 bits per heavy atom. The van der Waals surface area contributed by atoms with E-state index in [-0.39, 0.29) is 11.7 Å². The second-order valence-corrected chi connectivity index (χ2v) is 4.98. The van der Waals surface area contributed by atoms with E-state index in [2.05, 4.69) is 17.1 Å². The van der Waals surface area contributed by atoms with Crippen molar-refractivity contribution in [3.05, 3.63) is 29.6 Å². The summed E-state index contributed by atoms with van der Waals surface area (Å²) in [5.41, 5.74) is 0.0489. The standard InChI is InChI=1S/C14H19F3N2/c1-2-7-19-8-5-10(6-9-19)18-12-4-3-11(15)13(16)14(12)17/h3-4,10,18H,2,5-9H2,1H3. The summed E-state index contributed by atoms with van der Waals surface area (Å²) in [4.78, 5) is 2.36. The third-order valence-electron chi connectivity index (χ3n) is 3.52. The fourth-order valence-corrected chi connectivity index (χ4v) is 2.47. The van der Waals surface area contributed by atoms with E-state index in [1.54, 1.807) is 0 Å². The number of halogens is 3. The Balaban J connectivity index is 1.94. The van der Waals surface area contributed by atoms with E-state index in [0.717, 1.165) is 45.0 Å². The molecule has 0 aliphatic carbocycles. The molecule has 0 saturated carbocycles. The highest BCUT2D eigenvalue weighted by Gasteiger charge is 2.21. The van der Waals surface area contributed by atoms with Gasteiger partial charge in [-0.3, -0.25) is 0 Å². The fourth-order valence-electron chi connectivity index (χ4n) is 2.47. The van der Waals surface area contributed by atoms with Crippen LogP contribution in [0.15, 0.2) is 12.1 Å². The number of nitrogens with one attached hydrogen (secondary N) is 1. The molecule has 5 heteroatoms. The van der Waals surface area contributed by atoms with E-state index in [1.165, 1.54) is 6.07 Å². The summed E-state index contributed by atoms with van der Waals surface area (Å²) in [6.07, 6.45) is 2.90. The zero-order chi connectivity index (χ0) is 13.8. The predicted octanol–water partition coefficient (Wildman–Crippen LogP) is 3.39. The molecule has 0 unspecified atom stereocenters. The van der Waals surface area contributed by atoms with Gasteiger partial charge in [-0.2, -0.15) is 0 Å². The van der Waals surface area contributed by atoms with E-state index in [1.807, 2.05) is 0 Å². The lowest BCUT2D eigenvalue weighted by Gasteiger charge is -2.32. The van der Waals surface area contributed by atoms with Crippen molar-refractivity contribution in [1.82, 2.24) is 4.90 Å². The van der Waals surface area contributed by atoms with Crippen LogP contribution in [0, 0.1) is 17.5 Å². The summed E-state index contributed by atoms with van der Waals surface area (Å²) in [6, 6.07) is 2.33. The summed E-state index contributed by atoms with van der Waals surface area (Å²) in [5.74, 6) is -3.69. The largest absolute Gasteiger partial charge is 0.380 e. The van der Waals surface area contributed by atoms with Crippen LogP contribution in [-0.2, 0) is 0 Å². The number of rotatable bonds is 4. The van der Waals surface area contributed by atoms with Gasteiger partial charge in [-0.25, -0.2) is 13.2 Å². The highest BCUT2D eigenvalue weighted by Crippen LogP contribution is 2.22. The SMILES string of the molecule is CCCN1CCC(Nc2ccc(F)c(F)c2F)CC1. The Kier molecular flexibility index (Phi) is 4.69.